The van der Waals surface area contributed by atoms with E-state index in [2.05, 4.69) is 9.80 Å². The molecule has 1 aromatic carbocycles. The number of hydrogen-bond acceptors (Lipinski definition) is 4. The number of carbonyl (C=O) groups is 2. The molecule has 0 aromatic heterocycles. The second kappa shape index (κ2) is 9.48. The van der Waals surface area contributed by atoms with E-state index in [0.717, 1.165) is 77.2 Å². The molecule has 0 unspecified atom stereocenters. The van der Waals surface area contributed by atoms with Crippen LogP contribution in [0.2, 0.25) is 0 Å². The number of amides is 2. The van der Waals surface area contributed by atoms with Crippen molar-refractivity contribution in [3.8, 4) is 0 Å². The summed E-state index contributed by atoms with van der Waals surface area (Å²) < 4.78 is 0. The fourth-order valence-corrected chi connectivity index (χ4v) is 4.95. The molecule has 2 saturated heterocycles. The summed E-state index contributed by atoms with van der Waals surface area (Å²) in [5.41, 5.74) is 1.12. The SMILES string of the molecule is CCC(=O)N(CC1(N2CCN(CC(=O)N3CCCCC3)CC2)CC1)c1ccccc1. The molecule has 6 nitrogen and oxygen atoms in total. The third-order valence-corrected chi connectivity index (χ3v) is 7.06. The van der Waals surface area contributed by atoms with Crippen LogP contribution in [-0.4, -0.2) is 84.4 Å². The average Bonchev–Trinajstić information content (AvgIpc) is 3.59. The van der Waals surface area contributed by atoms with Crippen LogP contribution in [0.15, 0.2) is 30.3 Å². The number of nitrogens with zero attached hydrogens (tertiary/aromatic N) is 4. The van der Waals surface area contributed by atoms with Crippen LogP contribution in [0, 0.1) is 0 Å². The van der Waals surface area contributed by atoms with E-state index in [1.165, 1.54) is 6.42 Å². The Hall–Kier alpha value is -1.92. The Balaban J connectivity index is 1.32. The number of rotatable bonds is 7. The predicted octanol–water partition coefficient (Wildman–Crippen LogP) is 2.59. The standard InChI is InChI=1S/C24H36N4O2/c1-2-22(29)28(21-9-5-3-6-10-21)20-24(11-12-24)27-17-15-25(16-18-27)19-23(30)26-13-7-4-8-14-26/h3,5-6,9-10H,2,4,7-8,11-20H2,1H3. The summed E-state index contributed by atoms with van der Waals surface area (Å²) in [5, 5.41) is 0. The van der Waals surface area contributed by atoms with Gasteiger partial charge in [0.1, 0.15) is 0 Å². The first kappa shape index (κ1) is 21.3. The summed E-state index contributed by atoms with van der Waals surface area (Å²) in [6.45, 7) is 8.98. The molecular weight excluding hydrogens is 376 g/mol. The van der Waals surface area contributed by atoms with Gasteiger partial charge in [-0.1, -0.05) is 25.1 Å². The number of likely N-dealkylation sites (tertiary alicyclic amines) is 1. The third-order valence-electron chi connectivity index (χ3n) is 7.06. The molecule has 0 spiro atoms. The van der Waals surface area contributed by atoms with E-state index in [9.17, 15) is 9.59 Å². The van der Waals surface area contributed by atoms with E-state index in [1.54, 1.807) is 0 Å². The van der Waals surface area contributed by atoms with Crippen molar-refractivity contribution < 1.29 is 9.59 Å². The molecule has 4 rings (SSSR count). The number of anilines is 1. The lowest BCUT2D eigenvalue weighted by Crippen LogP contribution is -2.56. The summed E-state index contributed by atoms with van der Waals surface area (Å²) in [4.78, 5) is 34.2. The maximum absolute atomic E-state index is 12.7. The van der Waals surface area contributed by atoms with Crippen LogP contribution in [0.1, 0.15) is 45.4 Å². The van der Waals surface area contributed by atoms with E-state index >= 15 is 0 Å². The van der Waals surface area contributed by atoms with Gasteiger partial charge in [0.25, 0.3) is 0 Å². The van der Waals surface area contributed by atoms with Gasteiger partial charge in [0.05, 0.1) is 6.54 Å². The molecule has 2 aliphatic heterocycles. The monoisotopic (exact) mass is 412 g/mol. The van der Waals surface area contributed by atoms with Crippen LogP contribution in [0.5, 0.6) is 0 Å². The Kier molecular flexibility index (Phi) is 6.74. The van der Waals surface area contributed by atoms with Crippen LogP contribution < -0.4 is 4.90 Å². The molecule has 0 atom stereocenters. The normalized spacial score (nSPS) is 22.0. The molecule has 3 fully saturated rings. The highest BCUT2D eigenvalue weighted by Gasteiger charge is 2.50. The number of piperazine rings is 1. The first-order valence-electron chi connectivity index (χ1n) is 11.7. The molecule has 1 aliphatic carbocycles. The zero-order valence-corrected chi connectivity index (χ0v) is 18.4. The highest BCUT2D eigenvalue weighted by molar-refractivity contribution is 5.93. The summed E-state index contributed by atoms with van der Waals surface area (Å²) in [5.74, 6) is 0.492. The van der Waals surface area contributed by atoms with Crippen LogP contribution in [0.3, 0.4) is 0 Å². The molecule has 0 bridgehead atoms. The van der Waals surface area contributed by atoms with Gasteiger partial charge in [0, 0.05) is 63.5 Å². The highest BCUT2D eigenvalue weighted by Crippen LogP contribution is 2.43. The average molecular weight is 413 g/mol. The van der Waals surface area contributed by atoms with E-state index in [1.807, 2.05) is 47.1 Å². The van der Waals surface area contributed by atoms with Crippen LogP contribution >= 0.6 is 0 Å². The minimum absolute atomic E-state index is 0.115. The Bertz CT molecular complexity index is 720. The second-order valence-electron chi connectivity index (χ2n) is 9.10. The lowest BCUT2D eigenvalue weighted by molar-refractivity contribution is -0.133. The van der Waals surface area contributed by atoms with Gasteiger partial charge in [-0.05, 0) is 44.2 Å². The van der Waals surface area contributed by atoms with Crippen molar-refractivity contribution in [3.63, 3.8) is 0 Å². The molecule has 164 valence electrons. The Morgan fingerprint density at radius 1 is 0.933 bits per heavy atom. The van der Waals surface area contributed by atoms with Gasteiger partial charge in [-0.2, -0.15) is 0 Å². The minimum Gasteiger partial charge on any atom is -0.342 e. The van der Waals surface area contributed by atoms with E-state index in [-0.39, 0.29) is 11.4 Å². The van der Waals surface area contributed by atoms with Gasteiger partial charge in [-0.15, -0.1) is 0 Å². The lowest BCUT2D eigenvalue weighted by atomic mass is 10.1. The Morgan fingerprint density at radius 3 is 2.20 bits per heavy atom. The first-order valence-corrected chi connectivity index (χ1v) is 11.7. The fourth-order valence-electron chi connectivity index (χ4n) is 4.95. The van der Waals surface area contributed by atoms with Crippen molar-refractivity contribution in [3.05, 3.63) is 30.3 Å². The first-order chi connectivity index (χ1) is 14.6. The fraction of sp³-hybridized carbons (Fsp3) is 0.667. The predicted molar refractivity (Wildman–Crippen MR) is 119 cm³/mol. The van der Waals surface area contributed by atoms with Crippen molar-refractivity contribution in [1.29, 1.82) is 0 Å². The minimum atomic E-state index is 0.115. The molecule has 0 radical (unpaired) electrons. The van der Waals surface area contributed by atoms with Gasteiger partial charge < -0.3 is 9.80 Å². The molecule has 30 heavy (non-hydrogen) atoms. The number of carbonyl (C=O) groups excluding carboxylic acids is 2. The van der Waals surface area contributed by atoms with Crippen molar-refractivity contribution in [2.75, 3.05) is 57.3 Å². The molecular formula is C24H36N4O2. The number of para-hydroxylation sites is 1. The number of piperidine rings is 1. The van der Waals surface area contributed by atoms with Gasteiger partial charge >= 0.3 is 0 Å². The molecule has 3 aliphatic rings. The van der Waals surface area contributed by atoms with Gasteiger partial charge in [0.2, 0.25) is 11.8 Å². The number of hydrogen-bond donors (Lipinski definition) is 0. The molecule has 2 heterocycles. The maximum atomic E-state index is 12.7. The number of benzene rings is 1. The molecule has 0 N–H and O–H groups in total. The zero-order chi connectivity index (χ0) is 21.0. The smallest absolute Gasteiger partial charge is 0.236 e. The molecule has 2 amide bonds. The Labute approximate surface area is 180 Å². The lowest BCUT2D eigenvalue weighted by Gasteiger charge is -2.42. The Morgan fingerprint density at radius 2 is 1.60 bits per heavy atom. The molecule has 1 saturated carbocycles. The summed E-state index contributed by atoms with van der Waals surface area (Å²) in [7, 11) is 0. The van der Waals surface area contributed by atoms with E-state index < -0.39 is 0 Å². The highest BCUT2D eigenvalue weighted by atomic mass is 16.2. The van der Waals surface area contributed by atoms with Crippen LogP contribution in [0.25, 0.3) is 0 Å². The topological polar surface area (TPSA) is 47.1 Å². The third kappa shape index (κ3) is 4.86. The van der Waals surface area contributed by atoms with Gasteiger partial charge in [-0.3, -0.25) is 19.4 Å². The summed E-state index contributed by atoms with van der Waals surface area (Å²) >= 11 is 0. The van der Waals surface area contributed by atoms with Crippen molar-refractivity contribution >= 4 is 17.5 Å². The van der Waals surface area contributed by atoms with Crippen molar-refractivity contribution in [2.24, 2.45) is 0 Å². The second-order valence-corrected chi connectivity index (χ2v) is 9.10. The van der Waals surface area contributed by atoms with Gasteiger partial charge in [0.15, 0.2) is 0 Å². The quantitative estimate of drug-likeness (QED) is 0.691. The van der Waals surface area contributed by atoms with Crippen LogP contribution in [-0.2, 0) is 9.59 Å². The van der Waals surface area contributed by atoms with Crippen LogP contribution in [0.4, 0.5) is 5.69 Å². The van der Waals surface area contributed by atoms with E-state index in [4.69, 9.17) is 0 Å². The van der Waals surface area contributed by atoms with Gasteiger partial charge in [-0.25, -0.2) is 0 Å². The zero-order valence-electron chi connectivity index (χ0n) is 18.4. The maximum Gasteiger partial charge on any atom is 0.236 e. The molecule has 6 heteroatoms. The summed E-state index contributed by atoms with van der Waals surface area (Å²) in [6.07, 6.45) is 6.38. The van der Waals surface area contributed by atoms with Crippen molar-refractivity contribution in [1.82, 2.24) is 14.7 Å². The van der Waals surface area contributed by atoms with Crippen molar-refractivity contribution in [2.45, 2.75) is 51.0 Å². The molecule has 1 aromatic rings. The summed E-state index contributed by atoms with van der Waals surface area (Å²) in [6, 6.07) is 10.1. The van der Waals surface area contributed by atoms with E-state index in [0.29, 0.717) is 18.9 Å². The largest absolute Gasteiger partial charge is 0.342 e.